The first kappa shape index (κ1) is 51.2. The number of hydrogen-bond donors (Lipinski definition) is 0. The molecule has 0 aliphatic heterocycles. The summed E-state index contributed by atoms with van der Waals surface area (Å²) in [5, 5.41) is 27.3. The third kappa shape index (κ3) is 10.9. The minimum atomic E-state index is -0.382. The molecule has 0 aromatic heterocycles. The lowest BCUT2D eigenvalue weighted by molar-refractivity contribution is -0.485. The van der Waals surface area contributed by atoms with Crippen LogP contribution in [0.3, 0.4) is 0 Å². The number of anilines is 9. The van der Waals surface area contributed by atoms with Crippen molar-refractivity contribution in [2.75, 3.05) is 40.2 Å². The first-order valence-electron chi connectivity index (χ1n) is 27.0. The summed E-state index contributed by atoms with van der Waals surface area (Å²) in [5.74, 6) is -0.152. The van der Waals surface area contributed by atoms with E-state index in [9.17, 15) is 20.2 Å². The largest absolute Gasteiger partial charge is 0.345 e. The van der Waals surface area contributed by atoms with Crippen LogP contribution in [0, 0.1) is 26.1 Å². The van der Waals surface area contributed by atoms with Gasteiger partial charge in [0.25, 0.3) is 5.69 Å². The zero-order chi connectivity index (χ0) is 55.4. The fourth-order valence-electron chi connectivity index (χ4n) is 11.0. The lowest BCUT2D eigenvalue weighted by atomic mass is 9.92. The SMILES string of the molecule is CN(C1=CC(C[N+](=O)[O-])CC=C1)c1ccc(N(c2ccc(-c3ccccc3)c(-c3ccc4cc(N(c5ccc(-c6ccccc6)cc5)c5ccc(N(C)c6ccc([N+](=O)[O-])cc6)cc5)ccc4c3)c2)c2ccc3ccccc3c2)cc1. The second-order valence-corrected chi connectivity index (χ2v) is 20.4. The molecule has 81 heavy (non-hydrogen) atoms. The van der Waals surface area contributed by atoms with Crippen LogP contribution in [-0.4, -0.2) is 30.5 Å². The molecular formula is C71H56N6O4. The Morgan fingerprint density at radius 3 is 1.44 bits per heavy atom. The molecule has 1 aliphatic carbocycles. The van der Waals surface area contributed by atoms with Gasteiger partial charge in [0.1, 0.15) is 0 Å². The number of rotatable bonds is 16. The standard InChI is InChI=1S/C71H56N6O4/c1-72(60-34-40-65(41-35-60)77(80)81)59-30-36-63(37-31-59)75(62-26-22-53(23-27-62)51-13-5-3-6-14-51)67-29-25-56-45-58(21-20-57(56)47-67)71-48-69(42-43-70(71)54-16-7-4-8-17-54)76(68-28-24-52-15-9-10-18-55(52)46-68)64-38-32-61(33-39-64)73(2)66-19-11-12-50(44-66)49-74(78)79/h3-11,13-48,50H,12,49H2,1-2H3. The average molecular weight is 1060 g/mol. The maximum absolute atomic E-state index is 11.4. The molecule has 0 N–H and O–H groups in total. The number of allylic oxidation sites excluding steroid dienone is 2. The number of non-ortho nitro benzene ring substituents is 1. The fourth-order valence-corrected chi connectivity index (χ4v) is 11.0. The summed E-state index contributed by atoms with van der Waals surface area (Å²) in [6, 6.07) is 88.4. The molecule has 11 aromatic rings. The Morgan fingerprint density at radius 1 is 0.395 bits per heavy atom. The van der Waals surface area contributed by atoms with Crippen molar-refractivity contribution < 1.29 is 9.85 Å². The zero-order valence-corrected chi connectivity index (χ0v) is 44.8. The number of fused-ring (bicyclic) bond motifs is 2. The predicted molar refractivity (Wildman–Crippen MR) is 334 cm³/mol. The molecule has 0 saturated heterocycles. The molecule has 0 radical (unpaired) electrons. The van der Waals surface area contributed by atoms with Crippen LogP contribution in [0.25, 0.3) is 54.9 Å². The van der Waals surface area contributed by atoms with Crippen LogP contribution in [0.1, 0.15) is 6.42 Å². The van der Waals surface area contributed by atoms with Crippen LogP contribution in [0.4, 0.5) is 56.9 Å². The van der Waals surface area contributed by atoms with Gasteiger partial charge in [-0.05, 0) is 183 Å². The highest BCUT2D eigenvalue weighted by molar-refractivity contribution is 5.97. The minimum Gasteiger partial charge on any atom is -0.345 e. The molecule has 0 spiro atoms. The van der Waals surface area contributed by atoms with E-state index in [1.54, 1.807) is 12.1 Å². The van der Waals surface area contributed by atoms with Gasteiger partial charge in [0.2, 0.25) is 6.54 Å². The van der Waals surface area contributed by atoms with Gasteiger partial charge in [-0.25, -0.2) is 0 Å². The van der Waals surface area contributed by atoms with Crippen molar-refractivity contribution >= 4 is 78.4 Å². The highest BCUT2D eigenvalue weighted by atomic mass is 16.6. The molecule has 0 amide bonds. The number of nitro groups is 2. The van der Waals surface area contributed by atoms with E-state index >= 15 is 0 Å². The average Bonchev–Trinajstić information content (AvgIpc) is 3.52. The van der Waals surface area contributed by atoms with Crippen molar-refractivity contribution in [2.45, 2.75) is 6.42 Å². The van der Waals surface area contributed by atoms with Gasteiger partial charge in [-0.1, -0.05) is 140 Å². The fraction of sp³-hybridized carbons (Fsp3) is 0.0704. The quantitative estimate of drug-likeness (QED) is 0.0697. The topological polar surface area (TPSA) is 99.2 Å². The van der Waals surface area contributed by atoms with E-state index in [0.717, 1.165) is 112 Å². The third-order valence-corrected chi connectivity index (χ3v) is 15.3. The summed E-state index contributed by atoms with van der Waals surface area (Å²) in [6.45, 7) is -0.0939. The van der Waals surface area contributed by atoms with Gasteiger partial charge < -0.3 is 19.6 Å². The maximum Gasteiger partial charge on any atom is 0.269 e. The van der Waals surface area contributed by atoms with E-state index in [1.165, 1.54) is 12.1 Å². The minimum absolute atomic E-state index is 0.0544. The van der Waals surface area contributed by atoms with Gasteiger partial charge in [0.15, 0.2) is 0 Å². The summed E-state index contributed by atoms with van der Waals surface area (Å²) in [6.07, 6.45) is 6.73. The van der Waals surface area contributed by atoms with E-state index < -0.39 is 0 Å². The van der Waals surface area contributed by atoms with Gasteiger partial charge >= 0.3 is 0 Å². The normalized spacial score (nSPS) is 12.9. The van der Waals surface area contributed by atoms with E-state index in [-0.39, 0.29) is 28.0 Å². The van der Waals surface area contributed by atoms with Gasteiger partial charge in [-0.3, -0.25) is 20.2 Å². The Morgan fingerprint density at radius 2 is 0.827 bits per heavy atom. The van der Waals surface area contributed by atoms with Gasteiger partial charge in [0.05, 0.1) is 4.92 Å². The van der Waals surface area contributed by atoms with Crippen LogP contribution in [0.5, 0.6) is 0 Å². The number of likely N-dealkylation sites (N-methyl/N-ethyl adjacent to an activating group) is 1. The van der Waals surface area contributed by atoms with Crippen LogP contribution in [0.2, 0.25) is 0 Å². The summed E-state index contributed by atoms with van der Waals surface area (Å²) < 4.78 is 0. The second-order valence-electron chi connectivity index (χ2n) is 20.4. The van der Waals surface area contributed by atoms with Crippen molar-refractivity contribution in [2.24, 2.45) is 5.92 Å². The summed E-state index contributed by atoms with van der Waals surface area (Å²) in [5.41, 5.74) is 16.4. The van der Waals surface area contributed by atoms with Crippen molar-refractivity contribution in [1.29, 1.82) is 0 Å². The molecule has 1 unspecified atom stereocenters. The van der Waals surface area contributed by atoms with Gasteiger partial charge in [-0.15, -0.1) is 0 Å². The molecule has 0 saturated carbocycles. The second kappa shape index (κ2) is 22.4. The molecule has 1 aliphatic rings. The Balaban J connectivity index is 0.923. The molecule has 11 aromatic carbocycles. The van der Waals surface area contributed by atoms with Gasteiger partial charge in [0, 0.05) is 94.0 Å². The number of nitro benzene ring substituents is 1. The van der Waals surface area contributed by atoms with E-state index in [4.69, 9.17) is 0 Å². The Hall–Kier alpha value is -10.6. The zero-order valence-electron chi connectivity index (χ0n) is 44.8. The summed E-state index contributed by atoms with van der Waals surface area (Å²) >= 11 is 0. The number of nitrogens with zero attached hydrogens (tertiary/aromatic N) is 6. The van der Waals surface area contributed by atoms with Crippen molar-refractivity contribution in [3.63, 3.8) is 0 Å². The van der Waals surface area contributed by atoms with Crippen LogP contribution < -0.4 is 19.6 Å². The van der Waals surface area contributed by atoms with Crippen molar-refractivity contribution in [3.8, 4) is 33.4 Å². The van der Waals surface area contributed by atoms with Crippen molar-refractivity contribution in [3.05, 3.63) is 299 Å². The van der Waals surface area contributed by atoms with Crippen molar-refractivity contribution in [1.82, 2.24) is 0 Å². The highest BCUT2D eigenvalue weighted by Gasteiger charge is 2.22. The molecular weight excluding hydrogens is 1000 g/mol. The summed E-state index contributed by atoms with van der Waals surface area (Å²) in [7, 11) is 3.97. The first-order valence-corrected chi connectivity index (χ1v) is 27.0. The lowest BCUT2D eigenvalue weighted by Gasteiger charge is -2.29. The molecule has 1 atom stereocenters. The van der Waals surface area contributed by atoms with E-state index in [0.29, 0.717) is 6.42 Å². The molecule has 10 nitrogen and oxygen atoms in total. The number of benzene rings is 11. The van der Waals surface area contributed by atoms with Crippen LogP contribution in [0.15, 0.2) is 279 Å². The van der Waals surface area contributed by atoms with E-state index in [2.05, 4.69) is 239 Å². The number of hydrogen-bond acceptors (Lipinski definition) is 8. The monoisotopic (exact) mass is 1060 g/mol. The molecule has 0 heterocycles. The van der Waals surface area contributed by atoms with E-state index in [1.807, 2.05) is 43.3 Å². The predicted octanol–water partition coefficient (Wildman–Crippen LogP) is 18.8. The first-order chi connectivity index (χ1) is 39.6. The third-order valence-electron chi connectivity index (χ3n) is 15.3. The molecule has 394 valence electrons. The Kier molecular flexibility index (Phi) is 14.2. The molecule has 0 fully saturated rings. The molecule has 12 rings (SSSR count). The van der Waals surface area contributed by atoms with Crippen LogP contribution in [-0.2, 0) is 0 Å². The Bertz CT molecular complexity index is 4150. The van der Waals surface area contributed by atoms with Gasteiger partial charge in [-0.2, -0.15) is 0 Å². The molecule has 10 heteroatoms. The molecule has 0 bridgehead atoms. The maximum atomic E-state index is 11.4. The summed E-state index contributed by atoms with van der Waals surface area (Å²) in [4.78, 5) is 30.9. The highest BCUT2D eigenvalue weighted by Crippen LogP contribution is 2.44. The lowest BCUT2D eigenvalue weighted by Crippen LogP contribution is -2.21. The Labute approximate surface area is 470 Å². The smallest absolute Gasteiger partial charge is 0.269 e. The van der Waals surface area contributed by atoms with Crippen LogP contribution >= 0.6 is 0 Å².